The summed E-state index contributed by atoms with van der Waals surface area (Å²) in [5.41, 5.74) is 4.57. The molecule has 8 rings (SSSR count). The number of benzene rings is 2. The highest BCUT2D eigenvalue weighted by Crippen LogP contribution is 2.42. The number of aromatic nitrogens is 3. The molecule has 4 aromatic rings. The van der Waals surface area contributed by atoms with Gasteiger partial charge in [0.05, 0.1) is 28.4 Å². The van der Waals surface area contributed by atoms with Crippen molar-refractivity contribution in [2.24, 2.45) is 0 Å². The van der Waals surface area contributed by atoms with Crippen LogP contribution < -0.4 is 20.7 Å². The number of nitrogens with one attached hydrogen (secondary N) is 1. The van der Waals surface area contributed by atoms with E-state index in [1.807, 2.05) is 11.0 Å². The number of nitrogen functional groups attached to an aromatic ring is 1. The molecule has 6 heterocycles. The molecule has 4 saturated heterocycles. The highest BCUT2D eigenvalue weighted by Gasteiger charge is 2.49. The minimum Gasteiger partial charge on any atom is -0.461 e. The third-order valence-electron chi connectivity index (χ3n) is 9.90. The Morgan fingerprint density at radius 2 is 1.87 bits per heavy atom. The Labute approximate surface area is 256 Å². The summed E-state index contributed by atoms with van der Waals surface area (Å²) in [6.45, 7) is 2.50. The van der Waals surface area contributed by atoms with Crippen LogP contribution >= 0.6 is 0 Å². The fourth-order valence-electron chi connectivity index (χ4n) is 7.92. The molecule has 0 spiro atoms. The number of halogens is 4. The van der Waals surface area contributed by atoms with Crippen LogP contribution in [0.1, 0.15) is 37.7 Å². The number of piperazine rings is 1. The number of nitriles is 1. The molecule has 13 heteroatoms. The van der Waals surface area contributed by atoms with E-state index in [1.54, 1.807) is 0 Å². The summed E-state index contributed by atoms with van der Waals surface area (Å²) in [7, 11) is 0. The minimum absolute atomic E-state index is 0.0568. The van der Waals surface area contributed by atoms with Gasteiger partial charge in [-0.25, -0.2) is 22.5 Å². The Hall–Kier alpha value is -4.28. The van der Waals surface area contributed by atoms with Gasteiger partial charge in [0.25, 0.3) is 0 Å². The van der Waals surface area contributed by atoms with Gasteiger partial charge in [-0.3, -0.25) is 4.90 Å². The van der Waals surface area contributed by atoms with E-state index in [-0.39, 0.29) is 69.0 Å². The maximum Gasteiger partial charge on any atom is 0.319 e. The van der Waals surface area contributed by atoms with E-state index >= 15 is 8.78 Å². The van der Waals surface area contributed by atoms with Crippen molar-refractivity contribution < 1.29 is 22.3 Å². The molecule has 0 amide bonds. The Balaban J connectivity index is 1.32. The molecule has 2 aromatic heterocycles. The molecule has 0 unspecified atom stereocenters. The van der Waals surface area contributed by atoms with Gasteiger partial charge in [-0.05, 0) is 55.8 Å². The number of hydrogen-bond acceptors (Lipinski definition) is 9. The van der Waals surface area contributed by atoms with Crippen LogP contribution in [0.5, 0.6) is 6.01 Å². The number of pyridine rings is 1. The molecule has 4 aliphatic rings. The molecule has 45 heavy (non-hydrogen) atoms. The van der Waals surface area contributed by atoms with Crippen LogP contribution in [0.3, 0.4) is 0 Å². The molecule has 4 atom stereocenters. The first-order valence-electron chi connectivity index (χ1n) is 15.2. The lowest BCUT2D eigenvalue weighted by atomic mass is 9.95. The zero-order valence-corrected chi connectivity index (χ0v) is 24.3. The minimum atomic E-state index is -1.23. The summed E-state index contributed by atoms with van der Waals surface area (Å²) in [5.74, 6) is -2.98. The summed E-state index contributed by atoms with van der Waals surface area (Å²) in [6, 6.07) is 7.48. The largest absolute Gasteiger partial charge is 0.461 e. The van der Waals surface area contributed by atoms with Crippen molar-refractivity contribution in [2.75, 3.05) is 43.4 Å². The van der Waals surface area contributed by atoms with Gasteiger partial charge < -0.3 is 20.7 Å². The molecule has 232 valence electrons. The standard InChI is InChI=1S/C32H30F4N8O/c33-18-10-32(6-1-7-44(32)12-18)15-45-31-41-28-21(30(42-31)43-13-19-3-4-20(14-43)39-19)8-17(11-37)25(27(28)36)29-24-16(9-23(38)40-29)2-5-22(34)26(24)35/h2,5,8-9,18-20,39H,1,3-4,6-7,10,12-15H2,(H2,38,40)/t18-,19-,20+,32+/m1/s1. The van der Waals surface area contributed by atoms with Gasteiger partial charge in [0.1, 0.15) is 29.9 Å². The Kier molecular flexibility index (Phi) is 6.51. The molecule has 0 aliphatic carbocycles. The second kappa shape index (κ2) is 10.4. The number of rotatable bonds is 5. The fourth-order valence-corrected chi connectivity index (χ4v) is 7.92. The average molecular weight is 619 g/mol. The number of nitrogens with two attached hydrogens (primary N) is 1. The van der Waals surface area contributed by atoms with Gasteiger partial charge in [-0.2, -0.15) is 15.2 Å². The van der Waals surface area contributed by atoms with Crippen molar-refractivity contribution in [3.63, 3.8) is 0 Å². The zero-order valence-electron chi connectivity index (χ0n) is 24.3. The van der Waals surface area contributed by atoms with Crippen LogP contribution in [0.25, 0.3) is 32.9 Å². The van der Waals surface area contributed by atoms with E-state index < -0.39 is 29.2 Å². The zero-order chi connectivity index (χ0) is 31.0. The molecule has 4 aliphatic heterocycles. The van der Waals surface area contributed by atoms with Crippen molar-refractivity contribution in [3.05, 3.63) is 47.3 Å². The first kappa shape index (κ1) is 28.2. The maximum atomic E-state index is 16.9. The van der Waals surface area contributed by atoms with Crippen molar-refractivity contribution in [1.82, 2.24) is 25.2 Å². The van der Waals surface area contributed by atoms with Crippen LogP contribution in [0.2, 0.25) is 0 Å². The summed E-state index contributed by atoms with van der Waals surface area (Å²) in [4.78, 5) is 17.6. The normalized spacial score (nSPS) is 26.1. The number of ether oxygens (including phenoxy) is 1. The van der Waals surface area contributed by atoms with Gasteiger partial charge >= 0.3 is 6.01 Å². The van der Waals surface area contributed by atoms with E-state index in [0.717, 1.165) is 38.3 Å². The number of fused-ring (bicyclic) bond motifs is 5. The second-order valence-electron chi connectivity index (χ2n) is 12.7. The summed E-state index contributed by atoms with van der Waals surface area (Å²) < 4.78 is 67.2. The van der Waals surface area contributed by atoms with Gasteiger partial charge in [0, 0.05) is 48.9 Å². The SMILES string of the molecule is N#Cc1cc2c(N3C[C@H]4CC[C@@H](C3)N4)nc(OC[C@@]34CCCN3C[C@H](F)C4)nc2c(F)c1-c1nc(N)cc2ccc(F)c(F)c12. The molecule has 2 bridgehead atoms. The first-order valence-corrected chi connectivity index (χ1v) is 15.2. The predicted molar refractivity (Wildman–Crippen MR) is 160 cm³/mol. The lowest BCUT2D eigenvalue weighted by Gasteiger charge is -2.34. The van der Waals surface area contributed by atoms with E-state index in [4.69, 9.17) is 15.5 Å². The van der Waals surface area contributed by atoms with Crippen molar-refractivity contribution in [3.8, 4) is 23.3 Å². The molecule has 0 radical (unpaired) electrons. The maximum absolute atomic E-state index is 16.9. The van der Waals surface area contributed by atoms with Crippen molar-refractivity contribution >= 4 is 33.3 Å². The van der Waals surface area contributed by atoms with Gasteiger partial charge in [-0.15, -0.1) is 0 Å². The lowest BCUT2D eigenvalue weighted by molar-refractivity contribution is 0.107. The topological polar surface area (TPSA) is 116 Å². The van der Waals surface area contributed by atoms with Crippen molar-refractivity contribution in [1.29, 1.82) is 5.26 Å². The number of hydrogen-bond donors (Lipinski definition) is 2. The predicted octanol–water partition coefficient (Wildman–Crippen LogP) is 4.61. The summed E-state index contributed by atoms with van der Waals surface area (Å²) >= 11 is 0. The van der Waals surface area contributed by atoms with Crippen LogP contribution in [0.4, 0.5) is 29.2 Å². The van der Waals surface area contributed by atoms with E-state index in [2.05, 4.69) is 20.2 Å². The second-order valence-corrected chi connectivity index (χ2v) is 12.7. The highest BCUT2D eigenvalue weighted by atomic mass is 19.2. The van der Waals surface area contributed by atoms with E-state index in [1.165, 1.54) is 18.2 Å². The highest BCUT2D eigenvalue weighted by molar-refractivity contribution is 6.02. The van der Waals surface area contributed by atoms with Gasteiger partial charge in [0.2, 0.25) is 0 Å². The third kappa shape index (κ3) is 4.53. The number of nitrogens with zero attached hydrogens (tertiary/aromatic N) is 6. The van der Waals surface area contributed by atoms with Crippen LogP contribution in [-0.4, -0.2) is 76.4 Å². The monoisotopic (exact) mass is 618 g/mol. The number of anilines is 2. The molecule has 0 saturated carbocycles. The van der Waals surface area contributed by atoms with E-state index in [9.17, 15) is 14.0 Å². The first-order chi connectivity index (χ1) is 21.7. The molecule has 9 nitrogen and oxygen atoms in total. The van der Waals surface area contributed by atoms with Crippen LogP contribution in [0, 0.1) is 28.8 Å². The lowest BCUT2D eigenvalue weighted by Crippen LogP contribution is -2.51. The Morgan fingerprint density at radius 1 is 1.07 bits per heavy atom. The van der Waals surface area contributed by atoms with Crippen LogP contribution in [0.15, 0.2) is 24.3 Å². The Morgan fingerprint density at radius 3 is 2.64 bits per heavy atom. The molecule has 2 aromatic carbocycles. The fraction of sp³-hybridized carbons (Fsp3) is 0.438. The third-order valence-corrected chi connectivity index (χ3v) is 9.90. The summed E-state index contributed by atoms with van der Waals surface area (Å²) in [6.07, 6.45) is 3.08. The van der Waals surface area contributed by atoms with Crippen molar-refractivity contribution in [2.45, 2.75) is 55.9 Å². The quantitative estimate of drug-likeness (QED) is 0.310. The Bertz CT molecular complexity index is 1900. The van der Waals surface area contributed by atoms with Gasteiger partial charge in [-0.1, -0.05) is 6.07 Å². The molecular formula is C32H30F4N8O. The van der Waals surface area contributed by atoms with E-state index in [0.29, 0.717) is 31.9 Å². The summed E-state index contributed by atoms with van der Waals surface area (Å²) in [5, 5.41) is 14.0. The van der Waals surface area contributed by atoms with Crippen LogP contribution in [-0.2, 0) is 0 Å². The smallest absolute Gasteiger partial charge is 0.319 e. The average Bonchev–Trinajstić information content (AvgIpc) is 3.67. The number of alkyl halides is 1. The molecule has 4 fully saturated rings. The molecule has 3 N–H and O–H groups in total. The van der Waals surface area contributed by atoms with Gasteiger partial charge in [0.15, 0.2) is 17.5 Å². The molecular weight excluding hydrogens is 588 g/mol.